The number of hydrogen-bond donors (Lipinski definition) is 0. The number of carbonyl (C=O) groups excluding carboxylic acids is 1. The maximum Gasteiger partial charge on any atom is 0.270 e. The Morgan fingerprint density at radius 3 is 2.60 bits per heavy atom. The fraction of sp³-hybridized carbons (Fsp3) is 0.292. The summed E-state index contributed by atoms with van der Waals surface area (Å²) in [7, 11) is 1.97. The van der Waals surface area contributed by atoms with E-state index in [-0.39, 0.29) is 5.91 Å². The second-order valence-electron chi connectivity index (χ2n) is 7.95. The van der Waals surface area contributed by atoms with Crippen molar-refractivity contribution in [1.82, 2.24) is 24.0 Å². The summed E-state index contributed by atoms with van der Waals surface area (Å²) in [6.45, 7) is 2.23. The van der Waals surface area contributed by atoms with Crippen LogP contribution in [0, 0.1) is 0 Å². The zero-order valence-electron chi connectivity index (χ0n) is 17.1. The van der Waals surface area contributed by atoms with Gasteiger partial charge in [-0.05, 0) is 37.1 Å². The first-order valence-electron chi connectivity index (χ1n) is 10.5. The van der Waals surface area contributed by atoms with Crippen LogP contribution in [0.2, 0.25) is 0 Å². The lowest BCUT2D eigenvalue weighted by molar-refractivity contribution is 0.0701. The Morgan fingerprint density at radius 2 is 1.83 bits per heavy atom. The van der Waals surface area contributed by atoms with Crippen molar-refractivity contribution in [3.8, 4) is 0 Å². The molecule has 1 aliphatic heterocycles. The first-order chi connectivity index (χ1) is 14.7. The summed E-state index contributed by atoms with van der Waals surface area (Å²) in [6.07, 6.45) is 7.56. The maximum absolute atomic E-state index is 13.2. The fourth-order valence-electron chi connectivity index (χ4n) is 4.48. The molecule has 0 saturated carbocycles. The Morgan fingerprint density at radius 1 is 1.03 bits per heavy atom. The molecule has 1 saturated heterocycles. The van der Waals surface area contributed by atoms with Crippen LogP contribution in [-0.2, 0) is 13.6 Å². The highest BCUT2D eigenvalue weighted by atomic mass is 16.2. The van der Waals surface area contributed by atoms with Crippen molar-refractivity contribution in [2.75, 3.05) is 13.1 Å². The number of imidazole rings is 1. The van der Waals surface area contributed by atoms with Gasteiger partial charge in [0.05, 0.1) is 12.2 Å². The van der Waals surface area contributed by atoms with Gasteiger partial charge < -0.3 is 14.0 Å². The molecule has 0 bridgehead atoms. The quantitative estimate of drug-likeness (QED) is 0.524. The van der Waals surface area contributed by atoms with E-state index >= 15 is 0 Å². The molecule has 1 aromatic carbocycles. The van der Waals surface area contributed by atoms with Gasteiger partial charge in [-0.25, -0.2) is 4.98 Å². The smallest absolute Gasteiger partial charge is 0.270 e. The molecule has 0 radical (unpaired) electrons. The predicted octanol–water partition coefficient (Wildman–Crippen LogP) is 3.84. The Balaban J connectivity index is 1.28. The summed E-state index contributed by atoms with van der Waals surface area (Å²) in [5.41, 5.74) is 2.87. The van der Waals surface area contributed by atoms with E-state index < -0.39 is 0 Å². The lowest BCUT2D eigenvalue weighted by Crippen LogP contribution is -2.39. The molecule has 1 aliphatic rings. The van der Waals surface area contributed by atoms with E-state index in [1.54, 1.807) is 0 Å². The van der Waals surface area contributed by atoms with Crippen molar-refractivity contribution in [3.63, 3.8) is 0 Å². The summed E-state index contributed by atoms with van der Waals surface area (Å²) in [5, 5.41) is 1.11. The van der Waals surface area contributed by atoms with Crippen molar-refractivity contribution in [2.24, 2.45) is 7.05 Å². The topological polar surface area (TPSA) is 56.0 Å². The van der Waals surface area contributed by atoms with E-state index in [2.05, 4.69) is 26.7 Å². The maximum atomic E-state index is 13.2. The molecule has 6 heteroatoms. The Hall–Kier alpha value is -3.41. The first kappa shape index (κ1) is 18.6. The zero-order chi connectivity index (χ0) is 20.5. The molecule has 6 nitrogen and oxygen atoms in total. The normalized spacial score (nSPS) is 15.0. The summed E-state index contributed by atoms with van der Waals surface area (Å²) >= 11 is 0. The van der Waals surface area contributed by atoms with Gasteiger partial charge in [0.15, 0.2) is 0 Å². The number of para-hydroxylation sites is 1. The number of likely N-dealkylation sites (tertiary alicyclic amines) is 1. The van der Waals surface area contributed by atoms with Gasteiger partial charge in [-0.1, -0.05) is 24.3 Å². The van der Waals surface area contributed by atoms with E-state index in [1.165, 1.54) is 0 Å². The molecular formula is C24H25N5O. The van der Waals surface area contributed by atoms with Gasteiger partial charge in [0, 0.05) is 55.5 Å². The molecule has 3 aromatic heterocycles. The summed E-state index contributed by atoms with van der Waals surface area (Å²) < 4.78 is 4.19. The van der Waals surface area contributed by atoms with Crippen molar-refractivity contribution >= 4 is 16.8 Å². The second-order valence-corrected chi connectivity index (χ2v) is 7.95. The van der Waals surface area contributed by atoms with Crippen LogP contribution in [0.1, 0.15) is 40.8 Å². The first-order valence-corrected chi connectivity index (χ1v) is 10.5. The highest BCUT2D eigenvalue weighted by molar-refractivity contribution is 5.98. The van der Waals surface area contributed by atoms with Gasteiger partial charge in [-0.15, -0.1) is 0 Å². The van der Waals surface area contributed by atoms with Crippen LogP contribution in [0.4, 0.5) is 0 Å². The van der Waals surface area contributed by atoms with Crippen LogP contribution in [0.25, 0.3) is 10.9 Å². The molecule has 4 aromatic rings. The van der Waals surface area contributed by atoms with Crippen LogP contribution in [0.5, 0.6) is 0 Å². The van der Waals surface area contributed by atoms with Crippen molar-refractivity contribution < 1.29 is 4.79 Å². The summed E-state index contributed by atoms with van der Waals surface area (Å²) in [5.74, 6) is 1.57. The third-order valence-corrected chi connectivity index (χ3v) is 6.12. The van der Waals surface area contributed by atoms with Gasteiger partial charge in [0.25, 0.3) is 5.91 Å². The molecule has 0 unspecified atom stereocenters. The van der Waals surface area contributed by atoms with E-state index in [1.807, 2.05) is 71.5 Å². The number of pyridine rings is 1. The molecule has 0 aliphatic carbocycles. The highest BCUT2D eigenvalue weighted by Gasteiger charge is 2.28. The number of nitrogens with zero attached hydrogens (tertiary/aromatic N) is 5. The van der Waals surface area contributed by atoms with E-state index in [0.29, 0.717) is 5.92 Å². The zero-order valence-corrected chi connectivity index (χ0v) is 17.1. The molecule has 30 heavy (non-hydrogen) atoms. The number of carbonyl (C=O) groups is 1. The highest BCUT2D eigenvalue weighted by Crippen LogP contribution is 2.29. The number of aryl methyl sites for hydroxylation is 1. The minimum Gasteiger partial charge on any atom is -0.340 e. The third-order valence-electron chi connectivity index (χ3n) is 6.12. The number of fused-ring (bicyclic) bond motifs is 1. The van der Waals surface area contributed by atoms with Crippen LogP contribution in [0.3, 0.4) is 0 Å². The van der Waals surface area contributed by atoms with E-state index in [4.69, 9.17) is 0 Å². The molecule has 0 spiro atoms. The minimum atomic E-state index is 0.115. The van der Waals surface area contributed by atoms with Crippen LogP contribution < -0.4 is 0 Å². The number of rotatable bonds is 4. The summed E-state index contributed by atoms with van der Waals surface area (Å²) in [4.78, 5) is 24.2. The fourth-order valence-corrected chi connectivity index (χ4v) is 4.48. The van der Waals surface area contributed by atoms with Crippen molar-refractivity contribution in [2.45, 2.75) is 25.3 Å². The largest absolute Gasteiger partial charge is 0.340 e. The van der Waals surface area contributed by atoms with Gasteiger partial charge in [0.1, 0.15) is 11.5 Å². The molecular weight excluding hydrogens is 374 g/mol. The van der Waals surface area contributed by atoms with Gasteiger partial charge in [-0.3, -0.25) is 9.78 Å². The van der Waals surface area contributed by atoms with Crippen LogP contribution in [-0.4, -0.2) is 43.0 Å². The number of piperidine rings is 1. The second kappa shape index (κ2) is 7.78. The van der Waals surface area contributed by atoms with Gasteiger partial charge >= 0.3 is 0 Å². The molecule has 1 fully saturated rings. The molecule has 1 amide bonds. The number of amides is 1. The lowest BCUT2D eigenvalue weighted by Gasteiger charge is -2.32. The van der Waals surface area contributed by atoms with Crippen molar-refractivity contribution in [3.05, 3.63) is 84.3 Å². The standard InChI is InChI=1S/C24H25N5O/c1-27-21-8-3-2-6-19(21)16-22(27)24(30)28-13-9-18(10-14-28)23-26-12-15-29(23)17-20-7-4-5-11-25-20/h2-8,11-12,15-16,18H,9-10,13-14,17H2,1H3. The molecule has 5 rings (SSSR count). The Bertz CT molecular complexity index is 1170. The van der Waals surface area contributed by atoms with Crippen LogP contribution >= 0.6 is 0 Å². The lowest BCUT2D eigenvalue weighted by atomic mass is 9.95. The number of hydrogen-bond acceptors (Lipinski definition) is 3. The monoisotopic (exact) mass is 399 g/mol. The SMILES string of the molecule is Cn1c(C(=O)N2CCC(c3nccn3Cc3ccccn3)CC2)cc2ccccc21. The Kier molecular flexibility index (Phi) is 4.83. The molecule has 152 valence electrons. The average molecular weight is 399 g/mol. The minimum absolute atomic E-state index is 0.115. The summed E-state index contributed by atoms with van der Waals surface area (Å²) in [6, 6.07) is 16.1. The predicted molar refractivity (Wildman–Crippen MR) is 116 cm³/mol. The molecule has 0 atom stereocenters. The Labute approximate surface area is 175 Å². The van der Waals surface area contributed by atoms with E-state index in [0.717, 1.165) is 60.6 Å². The molecule has 4 heterocycles. The van der Waals surface area contributed by atoms with E-state index in [9.17, 15) is 4.79 Å². The number of benzene rings is 1. The third kappa shape index (κ3) is 3.38. The van der Waals surface area contributed by atoms with Gasteiger partial charge in [-0.2, -0.15) is 0 Å². The van der Waals surface area contributed by atoms with Crippen LogP contribution in [0.15, 0.2) is 67.1 Å². The average Bonchev–Trinajstić information content (AvgIpc) is 3.39. The molecule has 0 N–H and O–H groups in total. The van der Waals surface area contributed by atoms with Gasteiger partial charge in [0.2, 0.25) is 0 Å². The van der Waals surface area contributed by atoms with Crippen molar-refractivity contribution in [1.29, 1.82) is 0 Å². The number of aromatic nitrogens is 4.